The summed E-state index contributed by atoms with van der Waals surface area (Å²) in [5.74, 6) is 0. The average molecular weight is 275 g/mol. The average Bonchev–Trinajstić information content (AvgIpc) is 2.29. The summed E-state index contributed by atoms with van der Waals surface area (Å²) >= 11 is 5.74. The summed E-state index contributed by atoms with van der Waals surface area (Å²) in [4.78, 5) is -0.000519. The second kappa shape index (κ2) is 5.98. The van der Waals surface area contributed by atoms with Gasteiger partial charge in [0, 0.05) is 13.2 Å². The number of rotatable bonds is 5. The molecular formula is C10H11ClN2O3S. The summed E-state index contributed by atoms with van der Waals surface area (Å²) in [5.41, 5.74) is 0.223. The van der Waals surface area contributed by atoms with Crippen LogP contribution in [0.3, 0.4) is 0 Å². The van der Waals surface area contributed by atoms with Gasteiger partial charge in [0.05, 0.1) is 15.5 Å². The molecule has 5 nitrogen and oxygen atoms in total. The van der Waals surface area contributed by atoms with E-state index < -0.39 is 10.0 Å². The van der Waals surface area contributed by atoms with Crippen molar-refractivity contribution >= 4 is 21.6 Å². The Kier molecular flexibility index (Phi) is 4.90. The Morgan fingerprint density at radius 2 is 2.18 bits per heavy atom. The molecule has 0 saturated heterocycles. The van der Waals surface area contributed by atoms with Gasteiger partial charge in [0.2, 0.25) is 10.0 Å². The van der Waals surface area contributed by atoms with Crippen molar-refractivity contribution in [3.05, 3.63) is 28.8 Å². The number of sulfonamides is 1. The number of nitriles is 1. The first kappa shape index (κ1) is 13.9. The quantitative estimate of drug-likeness (QED) is 0.780. The fourth-order valence-corrected chi connectivity index (χ4v) is 2.51. The molecule has 1 aromatic carbocycles. The molecule has 0 heterocycles. The maximum atomic E-state index is 11.7. The third-order valence-corrected chi connectivity index (χ3v) is 3.77. The minimum atomic E-state index is -3.63. The van der Waals surface area contributed by atoms with Crippen LogP contribution in [0.15, 0.2) is 23.1 Å². The van der Waals surface area contributed by atoms with E-state index in [1.54, 1.807) is 0 Å². The molecule has 0 aliphatic rings. The van der Waals surface area contributed by atoms with E-state index in [4.69, 9.17) is 22.0 Å². The molecule has 7 heteroatoms. The van der Waals surface area contributed by atoms with Gasteiger partial charge in [-0.05, 0) is 24.6 Å². The third kappa shape index (κ3) is 3.68. The molecule has 92 valence electrons. The van der Waals surface area contributed by atoms with Gasteiger partial charge in [0.15, 0.2) is 0 Å². The number of hydrogen-bond donors (Lipinski definition) is 2. The largest absolute Gasteiger partial charge is 0.396 e. The van der Waals surface area contributed by atoms with Crippen molar-refractivity contribution in [2.75, 3.05) is 13.2 Å². The van der Waals surface area contributed by atoms with Crippen molar-refractivity contribution in [2.45, 2.75) is 11.3 Å². The van der Waals surface area contributed by atoms with Crippen molar-refractivity contribution in [2.24, 2.45) is 0 Å². The van der Waals surface area contributed by atoms with Crippen LogP contribution >= 0.6 is 11.6 Å². The highest BCUT2D eigenvalue weighted by Gasteiger charge is 2.14. The molecule has 0 fully saturated rings. The molecule has 0 unspecified atom stereocenters. The molecule has 0 atom stereocenters. The zero-order valence-corrected chi connectivity index (χ0v) is 10.4. The fourth-order valence-electron chi connectivity index (χ4n) is 1.12. The highest BCUT2D eigenvalue weighted by atomic mass is 35.5. The Hall–Kier alpha value is -1.13. The van der Waals surface area contributed by atoms with Crippen LogP contribution in [0.1, 0.15) is 12.0 Å². The van der Waals surface area contributed by atoms with Crippen LogP contribution in [-0.4, -0.2) is 26.7 Å². The highest BCUT2D eigenvalue weighted by Crippen LogP contribution is 2.19. The second-order valence-corrected chi connectivity index (χ2v) is 5.40. The summed E-state index contributed by atoms with van der Waals surface area (Å²) < 4.78 is 25.8. The number of aliphatic hydroxyl groups is 1. The number of nitrogens with zero attached hydrogens (tertiary/aromatic N) is 1. The van der Waals surface area contributed by atoms with E-state index in [1.165, 1.54) is 18.2 Å². The first-order valence-electron chi connectivity index (χ1n) is 4.81. The van der Waals surface area contributed by atoms with E-state index >= 15 is 0 Å². The molecule has 0 amide bonds. The molecule has 2 N–H and O–H groups in total. The van der Waals surface area contributed by atoms with Gasteiger partial charge in [-0.2, -0.15) is 5.26 Å². The molecule has 0 radical (unpaired) electrons. The van der Waals surface area contributed by atoms with Crippen LogP contribution in [0.5, 0.6) is 0 Å². The Morgan fingerprint density at radius 3 is 2.71 bits per heavy atom. The lowest BCUT2D eigenvalue weighted by molar-refractivity contribution is 0.289. The molecule has 0 saturated carbocycles. The molecule has 0 bridgehead atoms. The third-order valence-electron chi connectivity index (χ3n) is 2.00. The first-order chi connectivity index (χ1) is 8.01. The lowest BCUT2D eigenvalue weighted by Crippen LogP contribution is -2.25. The first-order valence-corrected chi connectivity index (χ1v) is 6.67. The number of halogens is 1. The lowest BCUT2D eigenvalue weighted by atomic mass is 10.2. The topological polar surface area (TPSA) is 90.2 Å². The summed E-state index contributed by atoms with van der Waals surface area (Å²) in [5, 5.41) is 17.3. The van der Waals surface area contributed by atoms with Crippen LogP contribution in [0.2, 0.25) is 5.02 Å². The normalized spacial score (nSPS) is 11.1. The van der Waals surface area contributed by atoms with Crippen LogP contribution < -0.4 is 4.72 Å². The van der Waals surface area contributed by atoms with Gasteiger partial charge in [-0.3, -0.25) is 0 Å². The van der Waals surface area contributed by atoms with Crippen LogP contribution in [-0.2, 0) is 10.0 Å². The summed E-state index contributed by atoms with van der Waals surface area (Å²) in [6.07, 6.45) is 0.337. The van der Waals surface area contributed by atoms with Crippen LogP contribution in [0.4, 0.5) is 0 Å². The maximum absolute atomic E-state index is 11.7. The van der Waals surface area contributed by atoms with Crippen molar-refractivity contribution < 1.29 is 13.5 Å². The molecule has 17 heavy (non-hydrogen) atoms. The number of nitrogens with one attached hydrogen (secondary N) is 1. The zero-order valence-electron chi connectivity index (χ0n) is 8.85. The van der Waals surface area contributed by atoms with Gasteiger partial charge >= 0.3 is 0 Å². The number of hydrogen-bond acceptors (Lipinski definition) is 4. The minimum absolute atomic E-state index is 0.000519. The van der Waals surface area contributed by atoms with E-state index in [0.29, 0.717) is 6.42 Å². The van der Waals surface area contributed by atoms with Gasteiger partial charge in [0.25, 0.3) is 0 Å². The predicted octanol–water partition coefficient (Wildman–Crippen LogP) is 0.872. The van der Waals surface area contributed by atoms with Gasteiger partial charge in [-0.25, -0.2) is 13.1 Å². The standard InChI is InChI=1S/C10H11ClN2O3S/c11-10-6-9(3-2-8(10)7-12)17(15,16)13-4-1-5-14/h2-3,6,13-14H,1,4-5H2. The van der Waals surface area contributed by atoms with E-state index in [9.17, 15) is 8.42 Å². The number of benzene rings is 1. The van der Waals surface area contributed by atoms with Crippen molar-refractivity contribution in [3.63, 3.8) is 0 Å². The fraction of sp³-hybridized carbons (Fsp3) is 0.300. The van der Waals surface area contributed by atoms with Gasteiger partial charge < -0.3 is 5.11 Å². The van der Waals surface area contributed by atoms with Crippen molar-refractivity contribution in [3.8, 4) is 6.07 Å². The Bertz CT molecular complexity index is 537. The molecule has 0 aromatic heterocycles. The molecule has 1 rings (SSSR count). The lowest BCUT2D eigenvalue weighted by Gasteiger charge is -2.06. The predicted molar refractivity (Wildman–Crippen MR) is 63.1 cm³/mol. The SMILES string of the molecule is N#Cc1ccc(S(=O)(=O)NCCCO)cc1Cl. The zero-order chi connectivity index (χ0) is 12.9. The van der Waals surface area contributed by atoms with E-state index in [2.05, 4.69) is 4.72 Å². The number of aliphatic hydroxyl groups excluding tert-OH is 1. The monoisotopic (exact) mass is 274 g/mol. The Morgan fingerprint density at radius 1 is 1.47 bits per heavy atom. The second-order valence-electron chi connectivity index (χ2n) is 3.23. The van der Waals surface area contributed by atoms with Crippen LogP contribution in [0.25, 0.3) is 0 Å². The van der Waals surface area contributed by atoms with Crippen molar-refractivity contribution in [1.29, 1.82) is 5.26 Å². The van der Waals surface area contributed by atoms with Gasteiger partial charge in [-0.15, -0.1) is 0 Å². The van der Waals surface area contributed by atoms with Crippen molar-refractivity contribution in [1.82, 2.24) is 4.72 Å². The van der Waals surface area contributed by atoms with E-state index in [0.717, 1.165) is 0 Å². The summed E-state index contributed by atoms with van der Waals surface area (Å²) in [7, 11) is -3.63. The van der Waals surface area contributed by atoms with Gasteiger partial charge in [0.1, 0.15) is 6.07 Å². The molecule has 0 aliphatic carbocycles. The highest BCUT2D eigenvalue weighted by molar-refractivity contribution is 7.89. The smallest absolute Gasteiger partial charge is 0.240 e. The summed E-state index contributed by atoms with van der Waals surface area (Å²) in [6, 6.07) is 5.73. The Balaban J connectivity index is 2.93. The van der Waals surface area contributed by atoms with Gasteiger partial charge in [-0.1, -0.05) is 11.6 Å². The Labute approximate surface area is 105 Å². The van der Waals surface area contributed by atoms with E-state index in [-0.39, 0.29) is 28.6 Å². The molecule has 0 spiro atoms. The van der Waals surface area contributed by atoms with Crippen LogP contribution in [0, 0.1) is 11.3 Å². The molecule has 0 aliphatic heterocycles. The van der Waals surface area contributed by atoms with E-state index in [1.807, 2.05) is 6.07 Å². The molecular weight excluding hydrogens is 264 g/mol. The minimum Gasteiger partial charge on any atom is -0.396 e. The summed E-state index contributed by atoms with van der Waals surface area (Å²) in [6.45, 7) is 0.0626. The maximum Gasteiger partial charge on any atom is 0.240 e. The molecule has 1 aromatic rings.